The average Bonchev–Trinajstić information content (AvgIpc) is 3.08. The summed E-state index contributed by atoms with van der Waals surface area (Å²) in [5.41, 5.74) is 2.60. The smallest absolute Gasteiger partial charge is 0.130 e. The molecule has 0 atom stereocenters. The molecule has 0 fully saturated rings. The lowest BCUT2D eigenvalue weighted by Gasteiger charge is -2.09. The van der Waals surface area contributed by atoms with Gasteiger partial charge in [-0.25, -0.2) is 9.97 Å². The first-order chi connectivity index (χ1) is 12.1. The van der Waals surface area contributed by atoms with E-state index in [1.807, 2.05) is 24.3 Å². The van der Waals surface area contributed by atoms with Crippen LogP contribution >= 0.6 is 11.3 Å². The molecule has 0 saturated heterocycles. The zero-order valence-corrected chi connectivity index (χ0v) is 16.0. The fraction of sp³-hybridized carbons (Fsp3) is 0.400. The molecule has 2 heterocycles. The Kier molecular flexibility index (Phi) is 5.53. The Hall–Kier alpha value is -2.14. The third kappa shape index (κ3) is 4.10. The summed E-state index contributed by atoms with van der Waals surface area (Å²) in [7, 11) is 3.34. The predicted octanol–water partition coefficient (Wildman–Crippen LogP) is 5.35. The zero-order valence-electron chi connectivity index (χ0n) is 15.2. The summed E-state index contributed by atoms with van der Waals surface area (Å²) in [6.45, 7) is 4.51. The van der Waals surface area contributed by atoms with Crippen molar-refractivity contribution < 1.29 is 9.47 Å². The Balaban J connectivity index is 1.91. The second-order valence-corrected chi connectivity index (χ2v) is 7.45. The van der Waals surface area contributed by atoms with Crippen molar-refractivity contribution in [2.75, 3.05) is 14.2 Å². The van der Waals surface area contributed by atoms with Crippen LogP contribution in [0.3, 0.4) is 0 Å². The largest absolute Gasteiger partial charge is 0.497 e. The second kappa shape index (κ2) is 7.83. The number of hydrogen-bond acceptors (Lipinski definition) is 5. The molecule has 0 aliphatic heterocycles. The third-order valence-corrected chi connectivity index (χ3v) is 5.09. The quantitative estimate of drug-likeness (QED) is 0.572. The van der Waals surface area contributed by atoms with E-state index in [9.17, 15) is 0 Å². The number of hydrogen-bond donors (Lipinski definition) is 0. The summed E-state index contributed by atoms with van der Waals surface area (Å²) < 4.78 is 10.9. The Bertz CT molecular complexity index is 858. The molecule has 0 N–H and O–H groups in total. The van der Waals surface area contributed by atoms with E-state index < -0.39 is 0 Å². The van der Waals surface area contributed by atoms with Crippen molar-refractivity contribution in [3.05, 3.63) is 34.7 Å². The van der Waals surface area contributed by atoms with Gasteiger partial charge in [-0.15, -0.1) is 11.3 Å². The van der Waals surface area contributed by atoms with Gasteiger partial charge in [0.2, 0.25) is 0 Å². The third-order valence-electron chi connectivity index (χ3n) is 4.19. The summed E-state index contributed by atoms with van der Waals surface area (Å²) >= 11 is 1.71. The lowest BCUT2D eigenvalue weighted by atomic mass is 10.1. The van der Waals surface area contributed by atoms with Crippen LogP contribution in [0.25, 0.3) is 22.3 Å². The van der Waals surface area contributed by atoms with Crippen LogP contribution in [0, 0.1) is 5.92 Å². The minimum absolute atomic E-state index is 0.737. The average molecular weight is 356 g/mol. The van der Waals surface area contributed by atoms with E-state index in [4.69, 9.17) is 19.4 Å². The van der Waals surface area contributed by atoms with Gasteiger partial charge in [0.05, 0.1) is 36.1 Å². The summed E-state index contributed by atoms with van der Waals surface area (Å²) in [5.74, 6) is 2.32. The number of methoxy groups -OCH3 is 2. The van der Waals surface area contributed by atoms with E-state index in [-0.39, 0.29) is 0 Å². The van der Waals surface area contributed by atoms with Crippen LogP contribution in [0.15, 0.2) is 29.6 Å². The first-order valence-corrected chi connectivity index (χ1v) is 9.46. The maximum Gasteiger partial charge on any atom is 0.130 e. The van der Waals surface area contributed by atoms with E-state index >= 15 is 0 Å². The zero-order chi connectivity index (χ0) is 17.8. The van der Waals surface area contributed by atoms with E-state index in [0.29, 0.717) is 0 Å². The molecule has 25 heavy (non-hydrogen) atoms. The van der Waals surface area contributed by atoms with Gasteiger partial charge in [0.1, 0.15) is 11.5 Å². The maximum absolute atomic E-state index is 5.56. The molecule has 0 spiro atoms. The van der Waals surface area contributed by atoms with Gasteiger partial charge >= 0.3 is 0 Å². The van der Waals surface area contributed by atoms with Crippen LogP contribution in [0.1, 0.15) is 31.7 Å². The highest BCUT2D eigenvalue weighted by Crippen LogP contribution is 2.32. The molecule has 2 aromatic heterocycles. The molecule has 0 radical (unpaired) electrons. The fourth-order valence-corrected chi connectivity index (χ4v) is 3.64. The Morgan fingerprint density at radius 2 is 1.88 bits per heavy atom. The van der Waals surface area contributed by atoms with Crippen molar-refractivity contribution in [1.82, 2.24) is 9.97 Å². The van der Waals surface area contributed by atoms with Crippen molar-refractivity contribution in [1.29, 1.82) is 0 Å². The van der Waals surface area contributed by atoms with Crippen molar-refractivity contribution in [2.24, 2.45) is 5.92 Å². The summed E-state index contributed by atoms with van der Waals surface area (Å²) in [5, 5.41) is 4.22. The van der Waals surface area contributed by atoms with Gasteiger partial charge in [-0.2, -0.15) is 0 Å². The number of pyridine rings is 1. The molecule has 1 aromatic carbocycles. The van der Waals surface area contributed by atoms with Crippen LogP contribution in [0.2, 0.25) is 0 Å². The van der Waals surface area contributed by atoms with Crippen LogP contribution < -0.4 is 9.47 Å². The van der Waals surface area contributed by atoms with E-state index in [0.717, 1.165) is 46.1 Å². The SMILES string of the molecule is COc1ccc2c(OC)cc(-c3csc(CCCC(C)C)n3)nc2c1. The highest BCUT2D eigenvalue weighted by Gasteiger charge is 2.12. The lowest BCUT2D eigenvalue weighted by Crippen LogP contribution is -1.93. The number of rotatable bonds is 7. The number of fused-ring (bicyclic) bond motifs is 1. The number of aryl methyl sites for hydroxylation is 1. The van der Waals surface area contributed by atoms with Gasteiger partial charge in [0.25, 0.3) is 0 Å². The highest BCUT2D eigenvalue weighted by molar-refractivity contribution is 7.09. The second-order valence-electron chi connectivity index (χ2n) is 6.51. The molecule has 0 saturated carbocycles. The molecule has 3 rings (SSSR count). The summed E-state index contributed by atoms with van der Waals surface area (Å²) in [4.78, 5) is 9.54. The van der Waals surface area contributed by atoms with Crippen LogP contribution in [-0.2, 0) is 6.42 Å². The van der Waals surface area contributed by atoms with E-state index in [2.05, 4.69) is 19.2 Å². The van der Waals surface area contributed by atoms with Gasteiger partial charge in [-0.3, -0.25) is 0 Å². The standard InChI is InChI=1S/C20H24N2O2S/c1-13(2)6-5-7-20-22-18(12-25-20)17-11-19(24-4)15-9-8-14(23-3)10-16(15)21-17/h8-13H,5-7H2,1-4H3. The number of aromatic nitrogens is 2. The Labute approximate surface area is 152 Å². The molecular formula is C20H24N2O2S. The molecule has 3 aromatic rings. The number of ether oxygens (including phenoxy) is 2. The van der Waals surface area contributed by atoms with Gasteiger partial charge < -0.3 is 9.47 Å². The summed E-state index contributed by atoms with van der Waals surface area (Å²) in [6.07, 6.45) is 3.44. The molecule has 4 nitrogen and oxygen atoms in total. The minimum atomic E-state index is 0.737. The lowest BCUT2D eigenvalue weighted by molar-refractivity contribution is 0.414. The molecule has 0 aliphatic rings. The highest BCUT2D eigenvalue weighted by atomic mass is 32.1. The minimum Gasteiger partial charge on any atom is -0.497 e. The predicted molar refractivity (Wildman–Crippen MR) is 104 cm³/mol. The molecular weight excluding hydrogens is 332 g/mol. The molecule has 132 valence electrons. The first-order valence-electron chi connectivity index (χ1n) is 8.58. The molecule has 0 amide bonds. The normalized spacial score (nSPS) is 11.2. The maximum atomic E-state index is 5.56. The monoisotopic (exact) mass is 356 g/mol. The first kappa shape index (κ1) is 17.7. The van der Waals surface area contributed by atoms with Gasteiger partial charge in [0, 0.05) is 22.9 Å². The molecule has 0 bridgehead atoms. The Morgan fingerprint density at radius 1 is 1.04 bits per heavy atom. The summed E-state index contributed by atoms with van der Waals surface area (Å²) in [6, 6.07) is 7.78. The fourth-order valence-electron chi connectivity index (χ4n) is 2.81. The van der Waals surface area contributed by atoms with Crippen LogP contribution in [-0.4, -0.2) is 24.2 Å². The van der Waals surface area contributed by atoms with E-state index in [1.54, 1.807) is 25.6 Å². The van der Waals surface area contributed by atoms with Crippen molar-refractivity contribution in [3.63, 3.8) is 0 Å². The van der Waals surface area contributed by atoms with Crippen molar-refractivity contribution in [3.8, 4) is 22.9 Å². The number of benzene rings is 1. The van der Waals surface area contributed by atoms with Crippen molar-refractivity contribution >= 4 is 22.2 Å². The van der Waals surface area contributed by atoms with Gasteiger partial charge in [0.15, 0.2) is 0 Å². The van der Waals surface area contributed by atoms with Crippen molar-refractivity contribution in [2.45, 2.75) is 33.1 Å². The number of nitrogens with zero attached hydrogens (tertiary/aromatic N) is 2. The van der Waals surface area contributed by atoms with Gasteiger partial charge in [-0.05, 0) is 30.9 Å². The molecule has 0 aliphatic carbocycles. The van der Waals surface area contributed by atoms with E-state index in [1.165, 1.54) is 17.8 Å². The Morgan fingerprint density at radius 3 is 2.60 bits per heavy atom. The van der Waals surface area contributed by atoms with Crippen LogP contribution in [0.4, 0.5) is 0 Å². The topological polar surface area (TPSA) is 44.2 Å². The number of thiazole rings is 1. The molecule has 0 unspecified atom stereocenters. The molecule has 5 heteroatoms. The van der Waals surface area contributed by atoms with Crippen LogP contribution in [0.5, 0.6) is 11.5 Å². The van der Waals surface area contributed by atoms with Gasteiger partial charge in [-0.1, -0.05) is 20.3 Å².